The fraction of sp³-hybridized carbons (Fsp3) is 0.385. The summed E-state index contributed by atoms with van der Waals surface area (Å²) < 4.78 is 0. The molecule has 0 aliphatic carbocycles. The fourth-order valence-corrected chi connectivity index (χ4v) is 1.42. The van der Waals surface area contributed by atoms with E-state index < -0.39 is 0 Å². The second-order valence-corrected chi connectivity index (χ2v) is 3.43. The van der Waals surface area contributed by atoms with Gasteiger partial charge in [-0.1, -0.05) is 43.2 Å². The van der Waals surface area contributed by atoms with Crippen LogP contribution in [0.1, 0.15) is 31.9 Å². The van der Waals surface area contributed by atoms with Crippen LogP contribution in [0.5, 0.6) is 0 Å². The molecular formula is C13H17N. The van der Waals surface area contributed by atoms with E-state index in [4.69, 9.17) is 6.42 Å². The van der Waals surface area contributed by atoms with E-state index in [1.807, 2.05) is 18.2 Å². The number of rotatable bonds is 4. The van der Waals surface area contributed by atoms with E-state index in [1.165, 1.54) is 5.56 Å². The lowest BCUT2D eigenvalue weighted by Crippen LogP contribution is -2.29. The van der Waals surface area contributed by atoms with Gasteiger partial charge in [-0.05, 0) is 18.9 Å². The number of hydrogen-bond acceptors (Lipinski definition) is 1. The van der Waals surface area contributed by atoms with E-state index in [1.54, 1.807) is 0 Å². The molecule has 0 radical (unpaired) electrons. The standard InChI is InChI=1S/C13H17N/c1-4-13(5-2)14-11(3)12-9-7-6-8-10-12/h1,6-11,13-14H,5H2,2-3H3/t11-,13?/m1/s1. The summed E-state index contributed by atoms with van der Waals surface area (Å²) in [5, 5.41) is 3.40. The molecule has 1 unspecified atom stereocenters. The molecule has 0 aromatic heterocycles. The first kappa shape index (κ1) is 10.8. The summed E-state index contributed by atoms with van der Waals surface area (Å²) in [5.41, 5.74) is 1.28. The van der Waals surface area contributed by atoms with Gasteiger partial charge in [0.25, 0.3) is 0 Å². The molecule has 0 heterocycles. The molecule has 0 saturated carbocycles. The van der Waals surface area contributed by atoms with Gasteiger partial charge in [0.1, 0.15) is 0 Å². The smallest absolute Gasteiger partial charge is 0.0688 e. The average Bonchev–Trinajstić information content (AvgIpc) is 2.26. The quantitative estimate of drug-likeness (QED) is 0.715. The number of terminal acetylenes is 1. The number of nitrogens with one attached hydrogen (secondary N) is 1. The lowest BCUT2D eigenvalue weighted by Gasteiger charge is -2.18. The van der Waals surface area contributed by atoms with E-state index in [2.05, 4.69) is 37.2 Å². The lowest BCUT2D eigenvalue weighted by molar-refractivity contribution is 0.512. The monoisotopic (exact) mass is 187 g/mol. The molecule has 14 heavy (non-hydrogen) atoms. The van der Waals surface area contributed by atoms with Gasteiger partial charge in [-0.2, -0.15) is 0 Å². The van der Waals surface area contributed by atoms with Gasteiger partial charge in [0.05, 0.1) is 6.04 Å². The normalized spacial score (nSPS) is 14.4. The fourth-order valence-electron chi connectivity index (χ4n) is 1.42. The highest BCUT2D eigenvalue weighted by Crippen LogP contribution is 2.12. The van der Waals surface area contributed by atoms with Gasteiger partial charge in [-0.15, -0.1) is 6.42 Å². The van der Waals surface area contributed by atoms with Crippen LogP contribution < -0.4 is 5.32 Å². The first-order chi connectivity index (χ1) is 6.77. The summed E-state index contributed by atoms with van der Waals surface area (Å²) in [7, 11) is 0. The van der Waals surface area contributed by atoms with E-state index in [0.29, 0.717) is 6.04 Å². The Bertz CT molecular complexity index is 297. The maximum absolute atomic E-state index is 5.40. The minimum Gasteiger partial charge on any atom is -0.297 e. The van der Waals surface area contributed by atoms with Crippen LogP contribution in [-0.2, 0) is 0 Å². The van der Waals surface area contributed by atoms with Crippen LogP contribution in [0.4, 0.5) is 0 Å². The molecule has 2 atom stereocenters. The third kappa shape index (κ3) is 2.90. The van der Waals surface area contributed by atoms with Gasteiger partial charge in [0, 0.05) is 6.04 Å². The number of hydrogen-bond donors (Lipinski definition) is 1. The van der Waals surface area contributed by atoms with Crippen molar-refractivity contribution in [3.8, 4) is 12.3 Å². The highest BCUT2D eigenvalue weighted by molar-refractivity contribution is 5.18. The Balaban J connectivity index is 2.59. The summed E-state index contributed by atoms with van der Waals surface area (Å²) >= 11 is 0. The second kappa shape index (κ2) is 5.47. The van der Waals surface area contributed by atoms with Crippen molar-refractivity contribution in [1.29, 1.82) is 0 Å². The first-order valence-corrected chi connectivity index (χ1v) is 5.05. The zero-order valence-corrected chi connectivity index (χ0v) is 8.83. The third-order valence-corrected chi connectivity index (χ3v) is 2.36. The van der Waals surface area contributed by atoms with Crippen molar-refractivity contribution in [2.45, 2.75) is 32.4 Å². The van der Waals surface area contributed by atoms with Crippen LogP contribution in [0, 0.1) is 12.3 Å². The highest BCUT2D eigenvalue weighted by atomic mass is 14.9. The molecule has 0 bridgehead atoms. The van der Waals surface area contributed by atoms with Gasteiger partial charge in [0.15, 0.2) is 0 Å². The summed E-state index contributed by atoms with van der Waals surface area (Å²) in [5.74, 6) is 2.74. The summed E-state index contributed by atoms with van der Waals surface area (Å²) in [6.45, 7) is 4.23. The molecule has 0 spiro atoms. The molecule has 74 valence electrons. The molecule has 1 nitrogen and oxygen atoms in total. The minimum absolute atomic E-state index is 0.171. The molecule has 1 aromatic rings. The molecule has 0 aliphatic heterocycles. The molecule has 0 fully saturated rings. The van der Waals surface area contributed by atoms with Gasteiger partial charge in [-0.25, -0.2) is 0 Å². The van der Waals surface area contributed by atoms with E-state index in [0.717, 1.165) is 6.42 Å². The molecule has 1 rings (SSSR count). The lowest BCUT2D eigenvalue weighted by atomic mass is 10.1. The summed E-state index contributed by atoms with van der Waals surface area (Å²) in [6, 6.07) is 10.8. The van der Waals surface area contributed by atoms with Gasteiger partial charge in [-0.3, -0.25) is 5.32 Å². The Morgan fingerprint density at radius 2 is 2.00 bits per heavy atom. The van der Waals surface area contributed by atoms with Crippen molar-refractivity contribution in [1.82, 2.24) is 5.32 Å². The van der Waals surface area contributed by atoms with Crippen molar-refractivity contribution in [3.63, 3.8) is 0 Å². The topological polar surface area (TPSA) is 12.0 Å². The predicted octanol–water partition coefficient (Wildman–Crippen LogP) is 2.75. The Morgan fingerprint density at radius 1 is 1.36 bits per heavy atom. The van der Waals surface area contributed by atoms with E-state index in [-0.39, 0.29) is 6.04 Å². The van der Waals surface area contributed by atoms with Crippen LogP contribution in [0.25, 0.3) is 0 Å². The molecular weight excluding hydrogens is 170 g/mol. The molecule has 1 aromatic carbocycles. The largest absolute Gasteiger partial charge is 0.297 e. The maximum atomic E-state index is 5.40. The van der Waals surface area contributed by atoms with Crippen LogP contribution in [0.15, 0.2) is 30.3 Å². The molecule has 0 aliphatic rings. The summed E-state index contributed by atoms with van der Waals surface area (Å²) in [4.78, 5) is 0. The van der Waals surface area contributed by atoms with Gasteiger partial charge in [0.2, 0.25) is 0 Å². The minimum atomic E-state index is 0.171. The van der Waals surface area contributed by atoms with Crippen LogP contribution in [0.3, 0.4) is 0 Å². The zero-order chi connectivity index (χ0) is 10.4. The molecule has 1 N–H and O–H groups in total. The van der Waals surface area contributed by atoms with E-state index >= 15 is 0 Å². The summed E-state index contributed by atoms with van der Waals surface area (Å²) in [6.07, 6.45) is 6.36. The third-order valence-electron chi connectivity index (χ3n) is 2.36. The van der Waals surface area contributed by atoms with Crippen molar-refractivity contribution in [2.75, 3.05) is 0 Å². The Kier molecular flexibility index (Phi) is 4.22. The van der Waals surface area contributed by atoms with Gasteiger partial charge < -0.3 is 0 Å². The zero-order valence-electron chi connectivity index (χ0n) is 8.83. The predicted molar refractivity (Wildman–Crippen MR) is 60.9 cm³/mol. The van der Waals surface area contributed by atoms with Crippen molar-refractivity contribution >= 4 is 0 Å². The van der Waals surface area contributed by atoms with Crippen LogP contribution in [0.2, 0.25) is 0 Å². The number of benzene rings is 1. The van der Waals surface area contributed by atoms with E-state index in [9.17, 15) is 0 Å². The Morgan fingerprint density at radius 3 is 2.50 bits per heavy atom. The Labute approximate surface area is 86.5 Å². The van der Waals surface area contributed by atoms with Crippen molar-refractivity contribution in [2.24, 2.45) is 0 Å². The average molecular weight is 187 g/mol. The first-order valence-electron chi connectivity index (χ1n) is 5.05. The van der Waals surface area contributed by atoms with Crippen molar-refractivity contribution in [3.05, 3.63) is 35.9 Å². The van der Waals surface area contributed by atoms with Crippen molar-refractivity contribution < 1.29 is 0 Å². The Hall–Kier alpha value is -1.26. The molecule has 0 amide bonds. The molecule has 1 heteroatoms. The maximum Gasteiger partial charge on any atom is 0.0688 e. The van der Waals surface area contributed by atoms with Crippen LogP contribution in [-0.4, -0.2) is 6.04 Å². The van der Waals surface area contributed by atoms with Crippen LogP contribution >= 0.6 is 0 Å². The second-order valence-electron chi connectivity index (χ2n) is 3.43. The highest BCUT2D eigenvalue weighted by Gasteiger charge is 2.08. The SMILES string of the molecule is C#CC(CC)N[C@H](C)c1ccccc1. The molecule has 0 saturated heterocycles. The van der Waals surface area contributed by atoms with Gasteiger partial charge >= 0.3 is 0 Å².